The lowest BCUT2D eigenvalue weighted by Crippen LogP contribution is -2.45. The largest absolute Gasteiger partial charge is 0.329 e. The standard InChI is InChI=1S/C16H28N4/c1-12-15(11-19(2)18-12)16(9-17)20-8-7-13-5-3-4-6-14(13)10-20/h11,13-14,16H,3-10,17H2,1-2H3. The average Bonchev–Trinajstić information content (AvgIpc) is 2.78. The van der Waals surface area contributed by atoms with E-state index >= 15 is 0 Å². The molecule has 3 rings (SSSR count). The van der Waals surface area contributed by atoms with Crippen LogP contribution in [-0.2, 0) is 7.05 Å². The summed E-state index contributed by atoms with van der Waals surface area (Å²) < 4.78 is 1.92. The maximum Gasteiger partial charge on any atom is 0.0641 e. The normalized spacial score (nSPS) is 29.1. The van der Waals surface area contributed by atoms with Crippen molar-refractivity contribution in [2.45, 2.75) is 45.1 Å². The molecule has 2 heterocycles. The van der Waals surface area contributed by atoms with E-state index in [-0.39, 0.29) is 0 Å². The zero-order chi connectivity index (χ0) is 14.1. The molecule has 4 heteroatoms. The molecule has 20 heavy (non-hydrogen) atoms. The highest BCUT2D eigenvalue weighted by Gasteiger charge is 2.34. The van der Waals surface area contributed by atoms with E-state index in [4.69, 9.17) is 5.73 Å². The third-order valence-corrected chi connectivity index (χ3v) is 5.40. The first-order valence-electron chi connectivity index (χ1n) is 8.13. The zero-order valence-electron chi connectivity index (χ0n) is 12.9. The first kappa shape index (κ1) is 14.1. The molecule has 1 saturated carbocycles. The van der Waals surface area contributed by atoms with Crippen molar-refractivity contribution < 1.29 is 0 Å². The molecule has 1 aliphatic heterocycles. The van der Waals surface area contributed by atoms with Crippen LogP contribution >= 0.6 is 0 Å². The van der Waals surface area contributed by atoms with Crippen LogP contribution < -0.4 is 5.73 Å². The van der Waals surface area contributed by atoms with Crippen LogP contribution in [0.4, 0.5) is 0 Å². The van der Waals surface area contributed by atoms with Crippen LogP contribution in [0.25, 0.3) is 0 Å². The van der Waals surface area contributed by atoms with Crippen LogP contribution in [0.3, 0.4) is 0 Å². The lowest BCUT2D eigenvalue weighted by atomic mass is 9.74. The number of piperidine rings is 1. The second kappa shape index (κ2) is 5.86. The van der Waals surface area contributed by atoms with Crippen molar-refractivity contribution in [3.05, 3.63) is 17.5 Å². The first-order valence-corrected chi connectivity index (χ1v) is 8.13. The van der Waals surface area contributed by atoms with E-state index in [2.05, 4.69) is 23.1 Å². The molecular weight excluding hydrogens is 248 g/mol. The molecule has 0 radical (unpaired) electrons. The summed E-state index contributed by atoms with van der Waals surface area (Å²) in [5.74, 6) is 1.89. The summed E-state index contributed by atoms with van der Waals surface area (Å²) in [4.78, 5) is 2.62. The van der Waals surface area contributed by atoms with Crippen LogP contribution in [-0.4, -0.2) is 34.3 Å². The molecule has 1 saturated heterocycles. The third kappa shape index (κ3) is 2.63. The van der Waals surface area contributed by atoms with Gasteiger partial charge in [-0.3, -0.25) is 9.58 Å². The van der Waals surface area contributed by atoms with Crippen molar-refractivity contribution in [2.24, 2.45) is 24.6 Å². The number of hydrogen-bond donors (Lipinski definition) is 1. The molecule has 2 fully saturated rings. The van der Waals surface area contributed by atoms with Gasteiger partial charge in [-0.1, -0.05) is 19.3 Å². The van der Waals surface area contributed by atoms with Gasteiger partial charge in [-0.15, -0.1) is 0 Å². The van der Waals surface area contributed by atoms with Crippen molar-refractivity contribution in [3.63, 3.8) is 0 Å². The lowest BCUT2D eigenvalue weighted by molar-refractivity contribution is 0.0584. The SMILES string of the molecule is Cc1nn(C)cc1C(CN)N1CCC2CCCCC2C1. The molecule has 2 N–H and O–H groups in total. The molecule has 112 valence electrons. The van der Waals surface area contributed by atoms with E-state index in [0.29, 0.717) is 12.6 Å². The number of nitrogens with zero attached hydrogens (tertiary/aromatic N) is 3. The zero-order valence-corrected chi connectivity index (χ0v) is 12.9. The Morgan fingerprint density at radius 1 is 1.30 bits per heavy atom. The molecule has 0 amide bonds. The summed E-state index contributed by atoms with van der Waals surface area (Å²) in [6, 6.07) is 0.353. The number of likely N-dealkylation sites (tertiary alicyclic amines) is 1. The molecule has 0 spiro atoms. The molecule has 4 nitrogen and oxygen atoms in total. The minimum absolute atomic E-state index is 0.353. The van der Waals surface area contributed by atoms with Crippen LogP contribution in [0.2, 0.25) is 0 Å². The smallest absolute Gasteiger partial charge is 0.0641 e. The maximum absolute atomic E-state index is 6.10. The van der Waals surface area contributed by atoms with Crippen molar-refractivity contribution in [1.82, 2.24) is 14.7 Å². The van der Waals surface area contributed by atoms with Gasteiger partial charge in [0.1, 0.15) is 0 Å². The van der Waals surface area contributed by atoms with E-state index in [1.165, 1.54) is 50.8 Å². The number of fused-ring (bicyclic) bond motifs is 1. The Morgan fingerprint density at radius 3 is 2.70 bits per heavy atom. The molecule has 1 aliphatic carbocycles. The van der Waals surface area contributed by atoms with E-state index < -0.39 is 0 Å². The average molecular weight is 276 g/mol. The Bertz CT molecular complexity index is 453. The van der Waals surface area contributed by atoms with Gasteiger partial charge in [-0.25, -0.2) is 0 Å². The van der Waals surface area contributed by atoms with Crippen molar-refractivity contribution in [1.29, 1.82) is 0 Å². The molecule has 2 aliphatic rings. The summed E-state index contributed by atoms with van der Waals surface area (Å²) in [6.07, 6.45) is 9.26. The predicted molar refractivity (Wildman–Crippen MR) is 81.4 cm³/mol. The molecular formula is C16H28N4. The fraction of sp³-hybridized carbons (Fsp3) is 0.812. The monoisotopic (exact) mass is 276 g/mol. The van der Waals surface area contributed by atoms with Crippen molar-refractivity contribution in [2.75, 3.05) is 19.6 Å². The Balaban J connectivity index is 1.75. The van der Waals surface area contributed by atoms with Gasteiger partial charge < -0.3 is 5.73 Å². The summed E-state index contributed by atoms with van der Waals surface area (Å²) >= 11 is 0. The topological polar surface area (TPSA) is 47.1 Å². The van der Waals surface area contributed by atoms with E-state index in [1.54, 1.807) is 0 Å². The van der Waals surface area contributed by atoms with Gasteiger partial charge >= 0.3 is 0 Å². The summed E-state index contributed by atoms with van der Waals surface area (Å²) in [5.41, 5.74) is 8.56. The van der Waals surface area contributed by atoms with Gasteiger partial charge in [-0.2, -0.15) is 5.10 Å². The molecule has 3 atom stereocenters. The highest BCUT2D eigenvalue weighted by atomic mass is 15.3. The predicted octanol–water partition coefficient (Wildman–Crippen LogP) is 2.24. The number of hydrogen-bond acceptors (Lipinski definition) is 3. The number of aromatic nitrogens is 2. The van der Waals surface area contributed by atoms with E-state index in [0.717, 1.165) is 17.5 Å². The maximum atomic E-state index is 6.10. The van der Waals surface area contributed by atoms with E-state index in [9.17, 15) is 0 Å². The fourth-order valence-corrected chi connectivity index (χ4v) is 4.33. The molecule has 3 unspecified atom stereocenters. The van der Waals surface area contributed by atoms with Gasteiger partial charge in [0.25, 0.3) is 0 Å². The minimum atomic E-state index is 0.353. The number of rotatable bonds is 3. The Labute approximate surface area is 122 Å². The first-order chi connectivity index (χ1) is 9.69. The molecule has 1 aromatic heterocycles. The number of aryl methyl sites for hydroxylation is 2. The van der Waals surface area contributed by atoms with Gasteiger partial charge in [0, 0.05) is 31.9 Å². The van der Waals surface area contributed by atoms with E-state index in [1.807, 2.05) is 11.7 Å². The van der Waals surface area contributed by atoms with Gasteiger partial charge in [0.2, 0.25) is 0 Å². The Hall–Kier alpha value is -0.870. The second-order valence-corrected chi connectivity index (χ2v) is 6.68. The molecule has 1 aromatic rings. The van der Waals surface area contributed by atoms with Crippen LogP contribution in [0, 0.1) is 18.8 Å². The number of nitrogens with two attached hydrogens (primary N) is 1. The minimum Gasteiger partial charge on any atom is -0.329 e. The van der Waals surface area contributed by atoms with Gasteiger partial charge in [-0.05, 0) is 38.1 Å². The van der Waals surface area contributed by atoms with Crippen molar-refractivity contribution >= 4 is 0 Å². The third-order valence-electron chi connectivity index (χ3n) is 5.40. The molecule has 0 bridgehead atoms. The fourth-order valence-electron chi connectivity index (χ4n) is 4.33. The van der Waals surface area contributed by atoms with Crippen LogP contribution in [0.1, 0.15) is 49.4 Å². The lowest BCUT2D eigenvalue weighted by Gasteiger charge is -2.44. The summed E-state index contributed by atoms with van der Waals surface area (Å²) in [7, 11) is 2.00. The Morgan fingerprint density at radius 2 is 2.05 bits per heavy atom. The summed E-state index contributed by atoms with van der Waals surface area (Å²) in [6.45, 7) is 5.24. The van der Waals surface area contributed by atoms with Gasteiger partial charge in [0.15, 0.2) is 0 Å². The summed E-state index contributed by atoms with van der Waals surface area (Å²) in [5, 5.41) is 4.49. The van der Waals surface area contributed by atoms with Crippen LogP contribution in [0.5, 0.6) is 0 Å². The quantitative estimate of drug-likeness (QED) is 0.921. The Kier molecular flexibility index (Phi) is 4.13. The van der Waals surface area contributed by atoms with Crippen molar-refractivity contribution in [3.8, 4) is 0 Å². The van der Waals surface area contributed by atoms with Crippen LogP contribution in [0.15, 0.2) is 6.20 Å². The highest BCUT2D eigenvalue weighted by molar-refractivity contribution is 5.21. The second-order valence-electron chi connectivity index (χ2n) is 6.68. The highest BCUT2D eigenvalue weighted by Crippen LogP contribution is 2.38. The van der Waals surface area contributed by atoms with Gasteiger partial charge in [0.05, 0.1) is 11.7 Å². The molecule has 0 aromatic carbocycles.